The van der Waals surface area contributed by atoms with Gasteiger partial charge in [0, 0.05) is 18.2 Å². The molecule has 0 unspecified atom stereocenters. The van der Waals surface area contributed by atoms with E-state index in [0.29, 0.717) is 11.8 Å². The van der Waals surface area contributed by atoms with Gasteiger partial charge in [-0.3, -0.25) is 14.9 Å². The largest absolute Gasteiger partial charge is 0.452 e. The number of nitrogens with one attached hydrogen (secondary N) is 1. The lowest BCUT2D eigenvalue weighted by Gasteiger charge is -2.28. The summed E-state index contributed by atoms with van der Waals surface area (Å²) in [5.74, 6) is 0.859. The quantitative estimate of drug-likeness (QED) is 0.347. The van der Waals surface area contributed by atoms with Crippen molar-refractivity contribution in [3.05, 3.63) is 33.9 Å². The molecular weight excluding hydrogens is 338 g/mol. The molecule has 8 heteroatoms. The Morgan fingerprint density at radius 1 is 1.38 bits per heavy atom. The van der Waals surface area contributed by atoms with E-state index in [4.69, 9.17) is 10.5 Å². The minimum atomic E-state index is -0.778. The fourth-order valence-corrected chi connectivity index (χ4v) is 4.37. The number of amides is 1. The normalized spacial score (nSPS) is 24.9. The number of esters is 1. The predicted octanol–water partition coefficient (Wildman–Crippen LogP) is 2.27. The molecule has 0 heterocycles. The maximum absolute atomic E-state index is 12.1. The highest BCUT2D eigenvalue weighted by Crippen LogP contribution is 2.49. The van der Waals surface area contributed by atoms with E-state index in [1.165, 1.54) is 31.4 Å². The van der Waals surface area contributed by atoms with Gasteiger partial charge in [0.05, 0.1) is 16.2 Å². The summed E-state index contributed by atoms with van der Waals surface area (Å²) in [7, 11) is 0. The Balaban J connectivity index is 1.49. The number of rotatable bonds is 6. The van der Waals surface area contributed by atoms with Crippen LogP contribution in [0.15, 0.2) is 18.2 Å². The van der Waals surface area contributed by atoms with E-state index >= 15 is 0 Å². The number of anilines is 1. The van der Waals surface area contributed by atoms with Gasteiger partial charge in [-0.1, -0.05) is 6.42 Å². The smallest absolute Gasteiger partial charge is 0.340 e. The zero-order valence-electron chi connectivity index (χ0n) is 14.6. The van der Waals surface area contributed by atoms with Gasteiger partial charge in [-0.2, -0.15) is 0 Å². The average Bonchev–Trinajstić information content (AvgIpc) is 3.22. The van der Waals surface area contributed by atoms with Crippen LogP contribution in [0.5, 0.6) is 0 Å². The van der Waals surface area contributed by atoms with Gasteiger partial charge in [0.25, 0.3) is 11.6 Å². The van der Waals surface area contributed by atoms with E-state index in [9.17, 15) is 19.7 Å². The minimum Gasteiger partial charge on any atom is -0.452 e. The van der Waals surface area contributed by atoms with Gasteiger partial charge < -0.3 is 15.8 Å². The number of nitrogens with two attached hydrogens (primary N) is 1. The lowest BCUT2D eigenvalue weighted by Crippen LogP contribution is -2.42. The van der Waals surface area contributed by atoms with E-state index in [0.717, 1.165) is 18.4 Å². The maximum Gasteiger partial charge on any atom is 0.340 e. The van der Waals surface area contributed by atoms with Crippen molar-refractivity contribution in [2.45, 2.75) is 38.6 Å². The molecule has 0 aromatic heterocycles. The highest BCUT2D eigenvalue weighted by atomic mass is 16.6. The second-order valence-corrected chi connectivity index (χ2v) is 7.30. The number of ether oxygens (including phenoxy) is 1. The predicted molar refractivity (Wildman–Crippen MR) is 94.3 cm³/mol. The number of carbonyl (C=O) groups is 2. The van der Waals surface area contributed by atoms with Crippen LogP contribution in [0, 0.1) is 27.9 Å². The molecule has 3 N–H and O–H groups in total. The SMILES string of the molecule is C[C@H](NC(=O)COC(=O)c1ccc([N+](=O)[O-])cc1N)[C@H]1C[C@@H]2CC[C@@H]1C2. The van der Waals surface area contributed by atoms with Crippen LogP contribution in [0.3, 0.4) is 0 Å². The van der Waals surface area contributed by atoms with Crippen LogP contribution in [0.1, 0.15) is 43.0 Å². The molecule has 2 bridgehead atoms. The lowest BCUT2D eigenvalue weighted by molar-refractivity contribution is -0.384. The molecule has 1 aromatic rings. The zero-order valence-corrected chi connectivity index (χ0v) is 14.6. The molecule has 4 atom stereocenters. The third kappa shape index (κ3) is 3.79. The molecule has 0 aliphatic heterocycles. The Hall–Kier alpha value is -2.64. The highest BCUT2D eigenvalue weighted by molar-refractivity contribution is 5.96. The zero-order chi connectivity index (χ0) is 18.8. The summed E-state index contributed by atoms with van der Waals surface area (Å²) in [5, 5.41) is 13.6. The van der Waals surface area contributed by atoms with Crippen molar-refractivity contribution in [3.8, 4) is 0 Å². The Bertz CT molecular complexity index is 736. The summed E-state index contributed by atoms with van der Waals surface area (Å²) in [5.41, 5.74) is 5.40. The summed E-state index contributed by atoms with van der Waals surface area (Å²) >= 11 is 0. The second-order valence-electron chi connectivity index (χ2n) is 7.30. The number of fused-ring (bicyclic) bond motifs is 2. The number of benzene rings is 1. The molecule has 2 saturated carbocycles. The first kappa shape index (κ1) is 18.2. The van der Waals surface area contributed by atoms with Gasteiger partial charge in [-0.25, -0.2) is 4.79 Å². The highest BCUT2D eigenvalue weighted by Gasteiger charge is 2.42. The maximum atomic E-state index is 12.1. The topological polar surface area (TPSA) is 125 Å². The number of nitro groups is 1. The number of nitro benzene ring substituents is 1. The number of hydrogen-bond donors (Lipinski definition) is 2. The fourth-order valence-electron chi connectivity index (χ4n) is 4.37. The second kappa shape index (κ2) is 7.31. The van der Waals surface area contributed by atoms with E-state index in [-0.39, 0.29) is 28.9 Å². The van der Waals surface area contributed by atoms with Gasteiger partial charge in [0.2, 0.25) is 0 Å². The van der Waals surface area contributed by atoms with Crippen LogP contribution in [0.4, 0.5) is 11.4 Å². The lowest BCUT2D eigenvalue weighted by atomic mass is 9.84. The average molecular weight is 361 g/mol. The van der Waals surface area contributed by atoms with Crippen LogP contribution < -0.4 is 11.1 Å². The summed E-state index contributed by atoms with van der Waals surface area (Å²) in [6.45, 7) is 1.60. The molecule has 0 radical (unpaired) electrons. The minimum absolute atomic E-state index is 0.00421. The summed E-state index contributed by atoms with van der Waals surface area (Å²) in [4.78, 5) is 34.2. The van der Waals surface area contributed by atoms with Crippen molar-refractivity contribution in [2.24, 2.45) is 17.8 Å². The molecule has 3 rings (SSSR count). The van der Waals surface area contributed by atoms with Gasteiger partial charge in [0.15, 0.2) is 6.61 Å². The molecule has 140 valence electrons. The Labute approximate surface area is 151 Å². The van der Waals surface area contributed by atoms with Crippen LogP contribution in [0.25, 0.3) is 0 Å². The summed E-state index contributed by atoms with van der Waals surface area (Å²) < 4.78 is 5.00. The van der Waals surface area contributed by atoms with Crippen LogP contribution in [-0.2, 0) is 9.53 Å². The Morgan fingerprint density at radius 2 is 2.15 bits per heavy atom. The molecule has 26 heavy (non-hydrogen) atoms. The fraction of sp³-hybridized carbons (Fsp3) is 0.556. The van der Waals surface area contributed by atoms with Gasteiger partial charge in [0.1, 0.15) is 0 Å². The monoisotopic (exact) mass is 361 g/mol. The van der Waals surface area contributed by atoms with Gasteiger partial charge in [-0.05, 0) is 50.0 Å². The van der Waals surface area contributed by atoms with Crippen molar-refractivity contribution >= 4 is 23.3 Å². The van der Waals surface area contributed by atoms with Crippen molar-refractivity contribution in [3.63, 3.8) is 0 Å². The van der Waals surface area contributed by atoms with Gasteiger partial charge >= 0.3 is 5.97 Å². The molecule has 0 spiro atoms. The number of hydrogen-bond acceptors (Lipinski definition) is 6. The van der Waals surface area contributed by atoms with Crippen molar-refractivity contribution in [2.75, 3.05) is 12.3 Å². The molecule has 8 nitrogen and oxygen atoms in total. The van der Waals surface area contributed by atoms with Crippen LogP contribution in [-0.4, -0.2) is 29.4 Å². The number of non-ortho nitro benzene ring substituents is 1. The van der Waals surface area contributed by atoms with Crippen LogP contribution in [0.2, 0.25) is 0 Å². The number of nitrogens with zero attached hydrogens (tertiary/aromatic N) is 1. The van der Waals surface area contributed by atoms with E-state index < -0.39 is 17.5 Å². The first-order chi connectivity index (χ1) is 12.3. The summed E-state index contributed by atoms with van der Waals surface area (Å²) in [6, 6.07) is 3.55. The number of carbonyl (C=O) groups excluding carboxylic acids is 2. The first-order valence-corrected chi connectivity index (χ1v) is 8.85. The van der Waals surface area contributed by atoms with Crippen LogP contribution >= 0.6 is 0 Å². The van der Waals surface area contributed by atoms with Crippen molar-refractivity contribution in [1.82, 2.24) is 5.32 Å². The molecule has 2 aliphatic carbocycles. The molecular formula is C18H23N3O5. The van der Waals surface area contributed by atoms with Crippen molar-refractivity contribution < 1.29 is 19.2 Å². The van der Waals surface area contributed by atoms with E-state index in [1.54, 1.807) is 0 Å². The summed E-state index contributed by atoms with van der Waals surface area (Å²) in [6.07, 6.45) is 4.96. The molecule has 1 aromatic carbocycles. The Kier molecular flexibility index (Phi) is 5.11. The Morgan fingerprint density at radius 3 is 2.73 bits per heavy atom. The van der Waals surface area contributed by atoms with Crippen molar-refractivity contribution in [1.29, 1.82) is 0 Å². The first-order valence-electron chi connectivity index (χ1n) is 8.85. The van der Waals surface area contributed by atoms with E-state index in [2.05, 4.69) is 5.32 Å². The molecule has 2 aliphatic rings. The van der Waals surface area contributed by atoms with E-state index in [1.807, 2.05) is 6.92 Å². The van der Waals surface area contributed by atoms with Gasteiger partial charge in [-0.15, -0.1) is 0 Å². The third-order valence-electron chi connectivity index (χ3n) is 5.62. The third-order valence-corrected chi connectivity index (χ3v) is 5.62. The standard InChI is InChI=1S/C18H23N3O5/c1-10(15-7-11-2-3-12(15)6-11)20-17(22)9-26-18(23)14-5-4-13(21(24)25)8-16(14)19/h4-5,8,10-12,15H,2-3,6-7,9,19H2,1H3,(H,20,22)/t10-,11+,12+,15+/m0/s1. The number of nitrogen functional groups attached to an aromatic ring is 1. The molecule has 0 saturated heterocycles. The molecule has 1 amide bonds. The molecule has 2 fully saturated rings.